The molecule has 14 heavy (non-hydrogen) atoms. The third-order valence-electron chi connectivity index (χ3n) is 1.32. The minimum atomic E-state index is -1.54. The van der Waals surface area contributed by atoms with Gasteiger partial charge in [-0.1, -0.05) is 0 Å². The zero-order valence-electron chi connectivity index (χ0n) is 7.35. The molecule has 3 atom stereocenters. The summed E-state index contributed by atoms with van der Waals surface area (Å²) >= 11 is 0. The Bertz CT molecular complexity index is 216. The van der Waals surface area contributed by atoms with Crippen molar-refractivity contribution in [3.05, 3.63) is 0 Å². The minimum Gasteiger partial charge on any atom is -0.394 e. The monoisotopic (exact) mass is 206 g/mol. The van der Waals surface area contributed by atoms with Gasteiger partial charge in [-0.05, 0) is 0 Å². The number of aliphatic hydroxyl groups is 4. The highest BCUT2D eigenvalue weighted by Gasteiger charge is 2.22. The van der Waals surface area contributed by atoms with Crippen LogP contribution in [-0.2, 0) is 0 Å². The summed E-state index contributed by atoms with van der Waals surface area (Å²) in [6.45, 7) is -0.672. The van der Waals surface area contributed by atoms with Crippen molar-refractivity contribution >= 4 is 12.2 Å². The molecule has 8 nitrogen and oxygen atoms in total. The summed E-state index contributed by atoms with van der Waals surface area (Å²) in [4.78, 5) is 0. The summed E-state index contributed by atoms with van der Waals surface area (Å²) in [5.41, 5.74) is 9.84. The van der Waals surface area contributed by atoms with E-state index in [-0.39, 0.29) is 5.96 Å². The van der Waals surface area contributed by atoms with Crippen molar-refractivity contribution in [1.29, 1.82) is 0 Å². The van der Waals surface area contributed by atoms with Gasteiger partial charge in [0, 0.05) is 0 Å². The van der Waals surface area contributed by atoms with Crippen LogP contribution in [0.25, 0.3) is 0 Å². The fourth-order valence-electron chi connectivity index (χ4n) is 0.592. The number of hydrogen-bond donors (Lipinski definition) is 6. The number of guanidine groups is 1. The van der Waals surface area contributed by atoms with Crippen molar-refractivity contribution < 1.29 is 20.4 Å². The zero-order chi connectivity index (χ0) is 11.1. The zero-order valence-corrected chi connectivity index (χ0v) is 7.35. The molecule has 0 aromatic carbocycles. The molecule has 0 aliphatic rings. The molecule has 8 heteroatoms. The van der Waals surface area contributed by atoms with Crippen LogP contribution in [0.4, 0.5) is 0 Å². The summed E-state index contributed by atoms with van der Waals surface area (Å²) in [6.07, 6.45) is -3.61. The van der Waals surface area contributed by atoms with E-state index in [1.165, 1.54) is 0 Å². The third-order valence-corrected chi connectivity index (χ3v) is 1.32. The molecule has 0 bridgehead atoms. The van der Waals surface area contributed by atoms with Crippen molar-refractivity contribution in [3.8, 4) is 0 Å². The van der Waals surface area contributed by atoms with Crippen molar-refractivity contribution in [1.82, 2.24) is 0 Å². The average Bonchev–Trinajstić information content (AvgIpc) is 2.14. The van der Waals surface area contributed by atoms with E-state index in [9.17, 15) is 0 Å². The fourth-order valence-corrected chi connectivity index (χ4v) is 0.592. The van der Waals surface area contributed by atoms with Crippen LogP contribution < -0.4 is 11.5 Å². The first kappa shape index (κ1) is 12.8. The van der Waals surface area contributed by atoms with Gasteiger partial charge in [-0.15, -0.1) is 5.10 Å². The standard InChI is InChI=1S/C6H14N4O4/c7-6(8)10-9-1-3(12)5(14)4(13)2-11/h1,3-5,11-14H,2H2,(H4,7,8,10)/t3-,4-,5-/m0/s1. The van der Waals surface area contributed by atoms with Crippen molar-refractivity contribution in [2.45, 2.75) is 18.3 Å². The van der Waals surface area contributed by atoms with E-state index in [0.717, 1.165) is 6.21 Å². The Morgan fingerprint density at radius 2 is 1.86 bits per heavy atom. The van der Waals surface area contributed by atoms with E-state index in [4.69, 9.17) is 31.9 Å². The van der Waals surface area contributed by atoms with Crippen molar-refractivity contribution in [3.63, 3.8) is 0 Å². The molecule has 0 aromatic heterocycles. The number of nitrogens with two attached hydrogens (primary N) is 2. The van der Waals surface area contributed by atoms with Crippen LogP contribution >= 0.6 is 0 Å². The lowest BCUT2D eigenvalue weighted by Crippen LogP contribution is -2.40. The topological polar surface area (TPSA) is 158 Å². The normalized spacial score (nSPS) is 17.7. The van der Waals surface area contributed by atoms with Gasteiger partial charge in [-0.25, -0.2) is 0 Å². The summed E-state index contributed by atoms with van der Waals surface area (Å²) in [5.74, 6) is -0.300. The molecule has 0 rings (SSSR count). The molecular formula is C6H14N4O4. The summed E-state index contributed by atoms with van der Waals surface area (Å²) in [7, 11) is 0. The van der Waals surface area contributed by atoms with E-state index in [1.54, 1.807) is 0 Å². The van der Waals surface area contributed by atoms with Gasteiger partial charge < -0.3 is 31.9 Å². The molecule has 0 radical (unpaired) electrons. The van der Waals surface area contributed by atoms with Gasteiger partial charge in [0.1, 0.15) is 18.3 Å². The highest BCUT2D eigenvalue weighted by Crippen LogP contribution is 1.97. The average molecular weight is 206 g/mol. The van der Waals surface area contributed by atoms with Crippen LogP contribution in [0.1, 0.15) is 0 Å². The number of hydrogen-bond acceptors (Lipinski definition) is 6. The van der Waals surface area contributed by atoms with Gasteiger partial charge in [0.05, 0.1) is 12.8 Å². The molecule has 0 spiro atoms. The lowest BCUT2D eigenvalue weighted by atomic mass is 10.1. The Balaban J connectivity index is 4.13. The molecule has 0 aliphatic carbocycles. The van der Waals surface area contributed by atoms with Gasteiger partial charge in [0.25, 0.3) is 0 Å². The third kappa shape index (κ3) is 4.72. The molecule has 0 aliphatic heterocycles. The van der Waals surface area contributed by atoms with Crippen LogP contribution in [0, 0.1) is 0 Å². The molecule has 0 saturated heterocycles. The SMILES string of the molecule is NC(N)=NN=C[C@H](O)[C@H](O)[C@@H](O)CO. The molecular weight excluding hydrogens is 192 g/mol. The summed E-state index contributed by atoms with van der Waals surface area (Å²) in [5, 5.41) is 41.9. The van der Waals surface area contributed by atoms with Gasteiger partial charge in [0.2, 0.25) is 5.96 Å². The van der Waals surface area contributed by atoms with Crippen molar-refractivity contribution in [2.24, 2.45) is 21.7 Å². The highest BCUT2D eigenvalue weighted by molar-refractivity contribution is 5.76. The highest BCUT2D eigenvalue weighted by atomic mass is 16.4. The minimum absolute atomic E-state index is 0.300. The van der Waals surface area contributed by atoms with Gasteiger partial charge in [-0.3, -0.25) is 0 Å². The number of aliphatic hydroxyl groups excluding tert-OH is 4. The molecule has 82 valence electrons. The van der Waals surface area contributed by atoms with Crippen molar-refractivity contribution in [2.75, 3.05) is 6.61 Å². The van der Waals surface area contributed by atoms with Crippen LogP contribution in [0.15, 0.2) is 10.2 Å². The first-order valence-corrected chi connectivity index (χ1v) is 3.76. The molecule has 0 saturated carbocycles. The maximum atomic E-state index is 9.11. The van der Waals surface area contributed by atoms with Crippen LogP contribution in [0.3, 0.4) is 0 Å². The van der Waals surface area contributed by atoms with Crippen LogP contribution in [0.2, 0.25) is 0 Å². The molecule has 0 heterocycles. The van der Waals surface area contributed by atoms with Crippen LogP contribution in [-0.4, -0.2) is 57.5 Å². The number of rotatable bonds is 5. The predicted octanol–water partition coefficient (Wildman–Crippen LogP) is -3.68. The second-order valence-electron chi connectivity index (χ2n) is 2.52. The summed E-state index contributed by atoms with van der Waals surface area (Å²) < 4.78 is 0. The lowest BCUT2D eigenvalue weighted by molar-refractivity contribution is -0.0541. The molecule has 0 fully saturated rings. The summed E-state index contributed by atoms with van der Waals surface area (Å²) in [6, 6.07) is 0. The smallest absolute Gasteiger partial charge is 0.211 e. The molecule has 0 unspecified atom stereocenters. The largest absolute Gasteiger partial charge is 0.394 e. The lowest BCUT2D eigenvalue weighted by Gasteiger charge is -2.17. The van der Waals surface area contributed by atoms with E-state index in [0.29, 0.717) is 0 Å². The second kappa shape index (κ2) is 6.27. The Morgan fingerprint density at radius 3 is 2.29 bits per heavy atom. The van der Waals surface area contributed by atoms with E-state index in [1.807, 2.05) is 0 Å². The Kier molecular flexibility index (Phi) is 5.72. The first-order chi connectivity index (χ1) is 6.49. The van der Waals surface area contributed by atoms with E-state index < -0.39 is 24.9 Å². The molecule has 0 aromatic rings. The fraction of sp³-hybridized carbons (Fsp3) is 0.667. The van der Waals surface area contributed by atoms with Gasteiger partial charge in [-0.2, -0.15) is 5.10 Å². The second-order valence-corrected chi connectivity index (χ2v) is 2.52. The first-order valence-electron chi connectivity index (χ1n) is 3.76. The van der Waals surface area contributed by atoms with Crippen LogP contribution in [0.5, 0.6) is 0 Å². The maximum Gasteiger partial charge on any atom is 0.211 e. The van der Waals surface area contributed by atoms with E-state index >= 15 is 0 Å². The Morgan fingerprint density at radius 1 is 1.29 bits per heavy atom. The van der Waals surface area contributed by atoms with Gasteiger partial charge >= 0.3 is 0 Å². The van der Waals surface area contributed by atoms with E-state index in [2.05, 4.69) is 10.2 Å². The maximum absolute atomic E-state index is 9.11. The molecule has 0 amide bonds. The Labute approximate surface area is 80.2 Å². The van der Waals surface area contributed by atoms with Gasteiger partial charge in [0.15, 0.2) is 0 Å². The predicted molar refractivity (Wildman–Crippen MR) is 49.4 cm³/mol. The quantitative estimate of drug-likeness (QED) is 0.154. The molecule has 8 N–H and O–H groups in total. The Hall–Kier alpha value is -1.22. The number of nitrogens with zero attached hydrogens (tertiary/aromatic N) is 2.